The molecule has 0 spiro atoms. The maximum Gasteiger partial charge on any atom is 0.424 e. The minimum absolute atomic E-state index is 0.182. The Labute approximate surface area is 164 Å². The molecule has 2 amide bonds. The summed E-state index contributed by atoms with van der Waals surface area (Å²) >= 11 is 0. The highest BCUT2D eigenvalue weighted by Gasteiger charge is 2.32. The number of rotatable bonds is 2. The van der Waals surface area contributed by atoms with Crippen LogP contribution < -0.4 is 22.1 Å². The van der Waals surface area contributed by atoms with Crippen molar-refractivity contribution in [2.24, 2.45) is 27.2 Å². The Morgan fingerprint density at radius 2 is 1.43 bits per heavy atom. The van der Waals surface area contributed by atoms with Crippen LogP contribution in [0.2, 0.25) is 0 Å². The summed E-state index contributed by atoms with van der Waals surface area (Å²) in [5.41, 5.74) is 15.0. The Kier molecular flexibility index (Phi) is 6.98. The van der Waals surface area contributed by atoms with Gasteiger partial charge in [0.1, 0.15) is 11.2 Å². The molecule has 0 bridgehead atoms. The predicted octanol–water partition coefficient (Wildman–Crippen LogP) is 2.58. The lowest BCUT2D eigenvalue weighted by Gasteiger charge is -2.28. The summed E-state index contributed by atoms with van der Waals surface area (Å²) in [6.45, 7) is 10.1. The van der Waals surface area contributed by atoms with E-state index in [1.54, 1.807) is 53.7 Å². The summed E-state index contributed by atoms with van der Waals surface area (Å²) in [5.74, 6) is -0.431. The van der Waals surface area contributed by atoms with Crippen LogP contribution in [0.15, 0.2) is 34.3 Å². The van der Waals surface area contributed by atoms with Crippen LogP contribution in [-0.2, 0) is 9.47 Å². The average molecular weight is 392 g/mol. The Hall–Kier alpha value is -3.30. The molecule has 0 aromatic heterocycles. The van der Waals surface area contributed by atoms with Gasteiger partial charge in [-0.05, 0) is 59.7 Å². The van der Waals surface area contributed by atoms with Crippen molar-refractivity contribution in [2.75, 3.05) is 4.90 Å². The molecule has 0 aliphatic heterocycles. The van der Waals surface area contributed by atoms with E-state index in [0.29, 0.717) is 5.69 Å². The monoisotopic (exact) mass is 392 g/mol. The smallest absolute Gasteiger partial charge is 0.424 e. The molecule has 0 fully saturated rings. The summed E-state index contributed by atoms with van der Waals surface area (Å²) in [5, 5.41) is 0. The number of nitrogens with zero attached hydrogens (tertiary/aromatic N) is 3. The Morgan fingerprint density at radius 1 is 0.929 bits per heavy atom. The molecule has 0 saturated carbocycles. The number of hydrogen-bond donors (Lipinski definition) is 3. The van der Waals surface area contributed by atoms with Crippen molar-refractivity contribution < 1.29 is 19.1 Å². The summed E-state index contributed by atoms with van der Waals surface area (Å²) in [6.07, 6.45) is -1.78. The molecule has 0 heterocycles. The first-order valence-electron chi connectivity index (χ1n) is 8.48. The maximum absolute atomic E-state index is 12.7. The quantitative estimate of drug-likeness (QED) is 0.515. The summed E-state index contributed by atoms with van der Waals surface area (Å²) < 4.78 is 10.7. The van der Waals surface area contributed by atoms with Crippen molar-refractivity contribution in [3.8, 4) is 0 Å². The third-order valence-electron chi connectivity index (χ3n) is 2.73. The van der Waals surface area contributed by atoms with Crippen LogP contribution in [0.3, 0.4) is 0 Å². The molecule has 154 valence electrons. The molecule has 0 aliphatic carbocycles. The van der Waals surface area contributed by atoms with Crippen molar-refractivity contribution in [1.82, 2.24) is 0 Å². The van der Waals surface area contributed by atoms with E-state index in [0.717, 1.165) is 4.90 Å². The number of hydrogen-bond acceptors (Lipinski definition) is 5. The van der Waals surface area contributed by atoms with E-state index in [1.807, 2.05) is 0 Å². The Balaban J connectivity index is 3.34. The first-order chi connectivity index (χ1) is 12.7. The molecule has 1 rings (SSSR count). The van der Waals surface area contributed by atoms with Gasteiger partial charge in [0.25, 0.3) is 0 Å². The van der Waals surface area contributed by atoms with Gasteiger partial charge in [-0.25, -0.2) is 14.6 Å². The van der Waals surface area contributed by atoms with Crippen molar-refractivity contribution in [1.29, 1.82) is 0 Å². The third-order valence-corrected chi connectivity index (χ3v) is 2.73. The van der Waals surface area contributed by atoms with Crippen LogP contribution in [-0.4, -0.2) is 35.3 Å². The second-order valence-corrected chi connectivity index (χ2v) is 7.82. The molecular weight excluding hydrogens is 364 g/mol. The number of carbonyl (C=O) groups is 2. The third kappa shape index (κ3) is 7.94. The van der Waals surface area contributed by atoms with Crippen LogP contribution in [0.4, 0.5) is 21.0 Å². The van der Waals surface area contributed by atoms with E-state index in [1.165, 1.54) is 12.1 Å². The SMILES string of the molecule is CC(C)(C)OC(=O)N(C(=O)OC(C)(C)C)c1cccc(N=C(N)N=C(N)N)c1. The van der Waals surface area contributed by atoms with E-state index in [9.17, 15) is 9.59 Å². The highest BCUT2D eigenvalue weighted by molar-refractivity contribution is 6.09. The fourth-order valence-electron chi connectivity index (χ4n) is 1.89. The van der Waals surface area contributed by atoms with Gasteiger partial charge in [0.2, 0.25) is 5.96 Å². The van der Waals surface area contributed by atoms with Crippen molar-refractivity contribution in [3.63, 3.8) is 0 Å². The zero-order chi connectivity index (χ0) is 21.7. The number of aliphatic imine (C=N–C) groups is 2. The summed E-state index contributed by atoms with van der Waals surface area (Å²) in [6, 6.07) is 6.16. The number of ether oxygens (including phenoxy) is 2. The zero-order valence-electron chi connectivity index (χ0n) is 17.0. The highest BCUT2D eigenvalue weighted by atomic mass is 16.6. The number of nitrogens with two attached hydrogens (primary N) is 3. The molecular formula is C18H28N6O4. The highest BCUT2D eigenvalue weighted by Crippen LogP contribution is 2.25. The molecule has 0 unspecified atom stereocenters. The van der Waals surface area contributed by atoms with Crippen LogP contribution >= 0.6 is 0 Å². The van der Waals surface area contributed by atoms with Gasteiger partial charge in [-0.1, -0.05) is 6.07 Å². The maximum atomic E-state index is 12.7. The fourth-order valence-corrected chi connectivity index (χ4v) is 1.89. The van der Waals surface area contributed by atoms with Crippen molar-refractivity contribution in [2.45, 2.75) is 52.7 Å². The van der Waals surface area contributed by atoms with Crippen molar-refractivity contribution >= 4 is 35.5 Å². The number of amides is 2. The first-order valence-corrected chi connectivity index (χ1v) is 8.48. The second kappa shape index (κ2) is 8.59. The van der Waals surface area contributed by atoms with Gasteiger partial charge in [-0.3, -0.25) is 0 Å². The van der Waals surface area contributed by atoms with E-state index in [-0.39, 0.29) is 17.6 Å². The largest absolute Gasteiger partial charge is 0.443 e. The fraction of sp³-hybridized carbons (Fsp3) is 0.444. The molecule has 10 heteroatoms. The lowest BCUT2D eigenvalue weighted by molar-refractivity contribution is 0.0431. The van der Waals surface area contributed by atoms with Gasteiger partial charge in [0, 0.05) is 0 Å². The Morgan fingerprint density at radius 3 is 1.86 bits per heavy atom. The number of benzene rings is 1. The topological polar surface area (TPSA) is 159 Å². The standard InChI is InChI=1S/C18H28N6O4/c1-17(2,3)27-15(25)24(16(26)28-18(4,5)6)12-9-7-8-11(10-12)22-14(21)23-13(19)20/h7-10H,1-6H3,(H6,19,20,21,22,23). The molecule has 0 aliphatic rings. The molecule has 28 heavy (non-hydrogen) atoms. The molecule has 0 radical (unpaired) electrons. The predicted molar refractivity (Wildman–Crippen MR) is 108 cm³/mol. The summed E-state index contributed by atoms with van der Waals surface area (Å²) in [4.78, 5) is 33.7. The van der Waals surface area contributed by atoms with Gasteiger partial charge in [-0.2, -0.15) is 9.89 Å². The van der Waals surface area contributed by atoms with Crippen LogP contribution in [0.1, 0.15) is 41.5 Å². The van der Waals surface area contributed by atoms with E-state index >= 15 is 0 Å². The van der Waals surface area contributed by atoms with Crippen molar-refractivity contribution in [3.05, 3.63) is 24.3 Å². The van der Waals surface area contributed by atoms with Crippen LogP contribution in [0, 0.1) is 0 Å². The second-order valence-electron chi connectivity index (χ2n) is 7.82. The van der Waals surface area contributed by atoms with Gasteiger partial charge < -0.3 is 26.7 Å². The van der Waals surface area contributed by atoms with Gasteiger partial charge >= 0.3 is 12.2 Å². The van der Waals surface area contributed by atoms with E-state index in [4.69, 9.17) is 26.7 Å². The average Bonchev–Trinajstić information content (AvgIpc) is 2.42. The number of guanidine groups is 2. The van der Waals surface area contributed by atoms with E-state index < -0.39 is 23.4 Å². The zero-order valence-corrected chi connectivity index (χ0v) is 17.0. The molecule has 0 saturated heterocycles. The molecule has 1 aromatic carbocycles. The van der Waals surface area contributed by atoms with E-state index in [2.05, 4.69) is 9.98 Å². The summed E-state index contributed by atoms with van der Waals surface area (Å²) in [7, 11) is 0. The lowest BCUT2D eigenvalue weighted by atomic mass is 10.2. The number of carbonyl (C=O) groups excluding carboxylic acids is 2. The molecule has 10 nitrogen and oxygen atoms in total. The molecule has 0 atom stereocenters. The minimum Gasteiger partial charge on any atom is -0.443 e. The lowest BCUT2D eigenvalue weighted by Crippen LogP contribution is -2.43. The van der Waals surface area contributed by atoms with Gasteiger partial charge in [0.15, 0.2) is 5.96 Å². The van der Waals surface area contributed by atoms with Gasteiger partial charge in [-0.15, -0.1) is 0 Å². The normalized spacial score (nSPS) is 12.1. The first kappa shape index (κ1) is 22.7. The molecule has 6 N–H and O–H groups in total. The van der Waals surface area contributed by atoms with Gasteiger partial charge in [0.05, 0.1) is 11.4 Å². The molecule has 1 aromatic rings. The Bertz CT molecular complexity index is 758. The number of imide groups is 1. The number of anilines is 1. The minimum atomic E-state index is -0.889. The van der Waals surface area contributed by atoms with Crippen LogP contribution in [0.5, 0.6) is 0 Å². The van der Waals surface area contributed by atoms with Crippen LogP contribution in [0.25, 0.3) is 0 Å².